The average Bonchev–Trinajstić information content (AvgIpc) is 2.98. The van der Waals surface area contributed by atoms with Gasteiger partial charge in [0.15, 0.2) is 6.10 Å². The van der Waals surface area contributed by atoms with Crippen LogP contribution in [0, 0.1) is 11.3 Å². The number of hydrogen-bond donors (Lipinski definition) is 4. The molecule has 40 heavy (non-hydrogen) atoms. The third-order valence-electron chi connectivity index (χ3n) is 6.48. The first-order valence-corrected chi connectivity index (χ1v) is 12.2. The molecular formula is C29H23N3O8. The Morgan fingerprint density at radius 2 is 1.70 bits per heavy atom. The van der Waals surface area contributed by atoms with Gasteiger partial charge in [-0.05, 0) is 48.5 Å². The number of hydrogen-bond acceptors (Lipinski definition) is 9. The van der Waals surface area contributed by atoms with Gasteiger partial charge in [0.25, 0.3) is 5.56 Å². The van der Waals surface area contributed by atoms with Crippen LogP contribution >= 0.6 is 0 Å². The Kier molecular flexibility index (Phi) is 7.41. The van der Waals surface area contributed by atoms with Gasteiger partial charge in [0.1, 0.15) is 24.1 Å². The number of ether oxygens (including phenoxy) is 2. The number of nitriles is 1. The Morgan fingerprint density at radius 1 is 0.950 bits per heavy atom. The molecule has 4 N–H and O–H groups in total. The topological polar surface area (TPSA) is 175 Å². The average molecular weight is 542 g/mol. The van der Waals surface area contributed by atoms with Crippen LogP contribution in [0.15, 0.2) is 90.0 Å². The molecule has 0 bridgehead atoms. The summed E-state index contributed by atoms with van der Waals surface area (Å²) in [5, 5.41) is 49.4. The number of carbonyl (C=O) groups is 1. The van der Waals surface area contributed by atoms with Crippen LogP contribution in [0.25, 0.3) is 28.1 Å². The molecule has 2 aromatic carbocycles. The molecule has 0 saturated carbocycles. The second-order valence-electron chi connectivity index (χ2n) is 9.04. The van der Waals surface area contributed by atoms with Gasteiger partial charge in [-0.25, -0.2) is 4.79 Å². The molecule has 5 atom stereocenters. The zero-order chi connectivity index (χ0) is 28.4. The van der Waals surface area contributed by atoms with Gasteiger partial charge in [-0.1, -0.05) is 24.3 Å². The number of aliphatic hydroxyl groups excluding tert-OH is 3. The lowest BCUT2D eigenvalue weighted by molar-refractivity contribution is -0.271. The molecule has 1 aliphatic heterocycles. The Bertz CT molecular complexity index is 1640. The van der Waals surface area contributed by atoms with Crippen molar-refractivity contribution in [3.8, 4) is 39.9 Å². The van der Waals surface area contributed by atoms with Crippen LogP contribution in [0.1, 0.15) is 5.56 Å². The minimum absolute atomic E-state index is 0.00124. The van der Waals surface area contributed by atoms with Crippen molar-refractivity contribution in [3.63, 3.8) is 0 Å². The summed E-state index contributed by atoms with van der Waals surface area (Å²) in [6, 6.07) is 22.3. The van der Waals surface area contributed by atoms with Crippen molar-refractivity contribution in [2.24, 2.45) is 0 Å². The van der Waals surface area contributed by atoms with Gasteiger partial charge >= 0.3 is 5.97 Å². The largest absolute Gasteiger partial charge is 0.479 e. The summed E-state index contributed by atoms with van der Waals surface area (Å²) in [5.74, 6) is -1.55. The molecule has 1 aliphatic rings. The molecule has 1 fully saturated rings. The fraction of sp³-hybridized carbons (Fsp3) is 0.172. The van der Waals surface area contributed by atoms with E-state index in [1.807, 2.05) is 18.2 Å². The lowest BCUT2D eigenvalue weighted by Gasteiger charge is -2.38. The van der Waals surface area contributed by atoms with E-state index in [9.17, 15) is 35.3 Å². The lowest BCUT2D eigenvalue weighted by atomic mass is 9.98. The maximum atomic E-state index is 13.7. The van der Waals surface area contributed by atoms with E-state index in [1.165, 1.54) is 22.8 Å². The molecule has 0 spiro atoms. The van der Waals surface area contributed by atoms with E-state index in [1.54, 1.807) is 54.9 Å². The van der Waals surface area contributed by atoms with Crippen LogP contribution in [-0.4, -0.2) is 66.7 Å². The van der Waals surface area contributed by atoms with Crippen molar-refractivity contribution in [3.05, 3.63) is 101 Å². The number of aliphatic carboxylic acids is 1. The van der Waals surface area contributed by atoms with Crippen molar-refractivity contribution in [1.82, 2.24) is 9.55 Å². The van der Waals surface area contributed by atoms with E-state index in [4.69, 9.17) is 9.47 Å². The highest BCUT2D eigenvalue weighted by Crippen LogP contribution is 2.31. The summed E-state index contributed by atoms with van der Waals surface area (Å²) in [4.78, 5) is 29.5. The summed E-state index contributed by atoms with van der Waals surface area (Å²) in [6.45, 7) is 0. The maximum absolute atomic E-state index is 13.7. The van der Waals surface area contributed by atoms with Crippen LogP contribution in [-0.2, 0) is 9.53 Å². The van der Waals surface area contributed by atoms with Crippen LogP contribution < -0.4 is 10.3 Å². The summed E-state index contributed by atoms with van der Waals surface area (Å²) < 4.78 is 12.2. The fourth-order valence-electron chi connectivity index (χ4n) is 4.44. The van der Waals surface area contributed by atoms with Crippen molar-refractivity contribution < 1.29 is 34.7 Å². The number of aromatic nitrogens is 2. The molecule has 3 heterocycles. The molecule has 0 radical (unpaired) electrons. The van der Waals surface area contributed by atoms with Gasteiger partial charge in [0.05, 0.1) is 17.3 Å². The van der Waals surface area contributed by atoms with Crippen molar-refractivity contribution in [2.45, 2.75) is 30.7 Å². The highest BCUT2D eigenvalue weighted by molar-refractivity contribution is 5.76. The monoisotopic (exact) mass is 541 g/mol. The van der Waals surface area contributed by atoms with Crippen molar-refractivity contribution in [2.75, 3.05) is 0 Å². The van der Waals surface area contributed by atoms with Gasteiger partial charge in [-0.15, -0.1) is 0 Å². The summed E-state index contributed by atoms with van der Waals surface area (Å²) in [6.07, 6.45) is -5.68. The normalized spacial score (nSPS) is 22.3. The highest BCUT2D eigenvalue weighted by atomic mass is 16.7. The van der Waals surface area contributed by atoms with Gasteiger partial charge < -0.3 is 29.9 Å². The van der Waals surface area contributed by atoms with E-state index in [2.05, 4.69) is 4.98 Å². The number of carboxylic acids is 1. The third-order valence-corrected chi connectivity index (χ3v) is 6.48. The smallest absolute Gasteiger partial charge is 0.335 e. The first-order valence-electron chi connectivity index (χ1n) is 12.2. The highest BCUT2D eigenvalue weighted by Gasteiger charge is 2.48. The zero-order valence-corrected chi connectivity index (χ0v) is 20.7. The number of aliphatic hydroxyl groups is 3. The Labute approximate surface area is 227 Å². The number of rotatable bonds is 6. The van der Waals surface area contributed by atoms with Crippen LogP contribution in [0.5, 0.6) is 5.75 Å². The number of pyridine rings is 2. The zero-order valence-electron chi connectivity index (χ0n) is 20.7. The van der Waals surface area contributed by atoms with E-state index in [0.29, 0.717) is 22.5 Å². The molecular weight excluding hydrogens is 518 g/mol. The van der Waals surface area contributed by atoms with Gasteiger partial charge in [0, 0.05) is 34.8 Å². The molecule has 2 aromatic heterocycles. The van der Waals surface area contributed by atoms with Crippen LogP contribution in [0.4, 0.5) is 0 Å². The van der Waals surface area contributed by atoms with Crippen molar-refractivity contribution >= 4 is 5.97 Å². The van der Waals surface area contributed by atoms with E-state index >= 15 is 0 Å². The Balaban J connectivity index is 1.56. The molecule has 5 rings (SSSR count). The third kappa shape index (κ3) is 5.07. The van der Waals surface area contributed by atoms with E-state index < -0.39 is 36.7 Å². The molecule has 0 aliphatic carbocycles. The standard InChI is InChI=1S/C29H23N3O8/c30-14-16-12-19(39-29-25(35)23(33)24(34)26(40-29)28(37)38)9-10-20(16)21-13-17(22-8-4-5-11-31-22)15-32(27(21)36)18-6-2-1-3-7-18/h1-13,15,23-26,29,33-35H,(H,37,38)/t23-,24-,25+,26-,29+/m0/s1. The number of para-hydroxylation sites is 1. The molecule has 202 valence electrons. The van der Waals surface area contributed by atoms with Crippen LogP contribution in [0.3, 0.4) is 0 Å². The van der Waals surface area contributed by atoms with Gasteiger partial charge in [-0.2, -0.15) is 5.26 Å². The molecule has 11 nitrogen and oxygen atoms in total. The second-order valence-corrected chi connectivity index (χ2v) is 9.04. The predicted molar refractivity (Wildman–Crippen MR) is 140 cm³/mol. The quantitative estimate of drug-likeness (QED) is 0.281. The SMILES string of the molecule is N#Cc1cc(O[C@@H]2O[C@H](C(=O)O)[C@@H](O)[C@H](O)[C@H]2O)ccc1-c1cc(-c2ccccn2)cn(-c2ccccc2)c1=O. The molecule has 4 aromatic rings. The Hall–Kier alpha value is -4.86. The summed E-state index contributed by atoms with van der Waals surface area (Å²) >= 11 is 0. The molecule has 1 saturated heterocycles. The molecule has 0 amide bonds. The van der Waals surface area contributed by atoms with Gasteiger partial charge in [0.2, 0.25) is 6.29 Å². The van der Waals surface area contributed by atoms with E-state index in [0.717, 1.165) is 0 Å². The second kappa shape index (κ2) is 11.1. The maximum Gasteiger partial charge on any atom is 0.335 e. The number of carboxylic acid groups (broad SMARTS) is 1. The van der Waals surface area contributed by atoms with Crippen LogP contribution in [0.2, 0.25) is 0 Å². The van der Waals surface area contributed by atoms with Crippen molar-refractivity contribution in [1.29, 1.82) is 5.26 Å². The molecule has 0 unspecified atom stereocenters. The first kappa shape index (κ1) is 26.7. The fourth-order valence-corrected chi connectivity index (χ4v) is 4.44. The predicted octanol–water partition coefficient (Wildman–Crippen LogP) is 1.71. The lowest BCUT2D eigenvalue weighted by Crippen LogP contribution is -2.61. The number of nitrogens with zero attached hydrogens (tertiary/aromatic N) is 3. The molecule has 11 heteroatoms. The summed E-state index contributed by atoms with van der Waals surface area (Å²) in [7, 11) is 0. The number of benzene rings is 2. The summed E-state index contributed by atoms with van der Waals surface area (Å²) in [5.41, 5.74) is 2.04. The Morgan fingerprint density at radius 3 is 2.38 bits per heavy atom. The first-order chi connectivity index (χ1) is 19.3. The van der Waals surface area contributed by atoms with E-state index in [-0.39, 0.29) is 22.4 Å². The minimum atomic E-state index is -1.87. The van der Waals surface area contributed by atoms with Gasteiger partial charge in [-0.3, -0.25) is 14.3 Å². The minimum Gasteiger partial charge on any atom is -0.479 e.